The number of thiazole rings is 1. The Morgan fingerprint density at radius 3 is 2.83 bits per heavy atom. The predicted molar refractivity (Wildman–Crippen MR) is 94.5 cm³/mol. The third-order valence-electron chi connectivity index (χ3n) is 3.28. The summed E-state index contributed by atoms with van der Waals surface area (Å²) < 4.78 is 0.970. The monoisotopic (exact) mass is 370 g/mol. The quantitative estimate of drug-likeness (QED) is 0.308. The molecular formula is C15H19ClN4O3S. The van der Waals surface area contributed by atoms with Crippen LogP contribution in [0, 0.1) is 0 Å². The van der Waals surface area contributed by atoms with Crippen LogP contribution in [0.15, 0.2) is 18.2 Å². The van der Waals surface area contributed by atoms with Crippen molar-refractivity contribution in [1.29, 1.82) is 0 Å². The first kappa shape index (κ1) is 18.4. The molecule has 0 spiro atoms. The summed E-state index contributed by atoms with van der Waals surface area (Å²) in [6.07, 6.45) is 2.55. The van der Waals surface area contributed by atoms with Gasteiger partial charge in [0, 0.05) is 18.0 Å². The normalized spacial score (nSPS) is 10.6. The highest BCUT2D eigenvalue weighted by atomic mass is 35.5. The SMILES string of the molecule is O=C(CCCCCNC(=O)CNc1nc2ccc(Cl)cc2s1)NO. The third kappa shape index (κ3) is 5.95. The molecule has 0 saturated heterocycles. The van der Waals surface area contributed by atoms with E-state index < -0.39 is 0 Å². The molecule has 0 aliphatic rings. The molecule has 7 nitrogen and oxygen atoms in total. The van der Waals surface area contributed by atoms with E-state index in [-0.39, 0.29) is 24.8 Å². The first-order valence-electron chi connectivity index (χ1n) is 7.58. The van der Waals surface area contributed by atoms with Gasteiger partial charge in [0.25, 0.3) is 0 Å². The summed E-state index contributed by atoms with van der Waals surface area (Å²) in [5, 5.41) is 15.5. The molecule has 1 heterocycles. The lowest BCUT2D eigenvalue weighted by atomic mass is 10.2. The van der Waals surface area contributed by atoms with Crippen LogP contribution in [0.4, 0.5) is 5.13 Å². The van der Waals surface area contributed by atoms with Crippen LogP contribution in [0.3, 0.4) is 0 Å². The topological polar surface area (TPSA) is 103 Å². The van der Waals surface area contributed by atoms with Crippen molar-refractivity contribution in [1.82, 2.24) is 15.8 Å². The molecule has 2 rings (SSSR count). The van der Waals surface area contributed by atoms with Gasteiger partial charge in [-0.05, 0) is 31.0 Å². The number of hydrogen-bond donors (Lipinski definition) is 4. The van der Waals surface area contributed by atoms with E-state index in [1.54, 1.807) is 11.5 Å². The number of amides is 2. The van der Waals surface area contributed by atoms with Crippen LogP contribution in [0.1, 0.15) is 25.7 Å². The van der Waals surface area contributed by atoms with Gasteiger partial charge in [-0.3, -0.25) is 14.8 Å². The number of anilines is 1. The number of hydroxylamine groups is 1. The highest BCUT2D eigenvalue weighted by Gasteiger charge is 2.06. The molecule has 4 N–H and O–H groups in total. The molecule has 0 radical (unpaired) electrons. The number of nitrogens with zero attached hydrogens (tertiary/aromatic N) is 1. The fraction of sp³-hybridized carbons (Fsp3) is 0.400. The molecule has 0 fully saturated rings. The van der Waals surface area contributed by atoms with Crippen LogP contribution in [0.25, 0.3) is 10.2 Å². The molecular weight excluding hydrogens is 352 g/mol. The van der Waals surface area contributed by atoms with Gasteiger partial charge in [0.15, 0.2) is 5.13 Å². The summed E-state index contributed by atoms with van der Waals surface area (Å²) in [5.41, 5.74) is 2.44. The molecule has 0 unspecified atom stereocenters. The third-order valence-corrected chi connectivity index (χ3v) is 4.49. The fourth-order valence-electron chi connectivity index (χ4n) is 2.06. The molecule has 0 aliphatic carbocycles. The lowest BCUT2D eigenvalue weighted by molar-refractivity contribution is -0.129. The summed E-state index contributed by atoms with van der Waals surface area (Å²) in [5.74, 6) is -0.499. The van der Waals surface area contributed by atoms with Gasteiger partial charge in [0.05, 0.1) is 16.8 Å². The summed E-state index contributed by atoms with van der Waals surface area (Å²) in [4.78, 5) is 26.9. The van der Waals surface area contributed by atoms with E-state index in [1.165, 1.54) is 11.3 Å². The van der Waals surface area contributed by atoms with Gasteiger partial charge in [0.2, 0.25) is 11.8 Å². The summed E-state index contributed by atoms with van der Waals surface area (Å²) in [6.45, 7) is 0.706. The first-order chi connectivity index (χ1) is 11.6. The second-order valence-corrected chi connectivity index (χ2v) is 6.65. The molecule has 0 saturated carbocycles. The zero-order valence-electron chi connectivity index (χ0n) is 13.0. The van der Waals surface area contributed by atoms with E-state index in [0.29, 0.717) is 23.1 Å². The number of rotatable bonds is 9. The molecule has 1 aromatic heterocycles. The Labute approximate surface area is 148 Å². The zero-order valence-corrected chi connectivity index (χ0v) is 14.5. The lowest BCUT2D eigenvalue weighted by Gasteiger charge is -2.05. The van der Waals surface area contributed by atoms with E-state index in [1.807, 2.05) is 12.1 Å². The number of benzene rings is 1. The van der Waals surface area contributed by atoms with Crippen LogP contribution in [0.2, 0.25) is 5.02 Å². The van der Waals surface area contributed by atoms with Crippen LogP contribution in [0.5, 0.6) is 0 Å². The molecule has 24 heavy (non-hydrogen) atoms. The Balaban J connectivity index is 1.63. The van der Waals surface area contributed by atoms with Crippen LogP contribution < -0.4 is 16.1 Å². The van der Waals surface area contributed by atoms with E-state index in [2.05, 4.69) is 15.6 Å². The van der Waals surface area contributed by atoms with Crippen LogP contribution in [-0.2, 0) is 9.59 Å². The van der Waals surface area contributed by atoms with Gasteiger partial charge < -0.3 is 10.6 Å². The number of aromatic nitrogens is 1. The molecule has 130 valence electrons. The second kappa shape index (κ2) is 9.41. The van der Waals surface area contributed by atoms with E-state index in [0.717, 1.165) is 23.1 Å². The second-order valence-electron chi connectivity index (χ2n) is 5.18. The van der Waals surface area contributed by atoms with Crippen molar-refractivity contribution in [3.63, 3.8) is 0 Å². The predicted octanol–water partition coefficient (Wildman–Crippen LogP) is 2.54. The number of carbonyl (C=O) groups excluding carboxylic acids is 2. The lowest BCUT2D eigenvalue weighted by Crippen LogP contribution is -2.30. The Morgan fingerprint density at radius 2 is 2.04 bits per heavy atom. The molecule has 0 aliphatic heterocycles. The van der Waals surface area contributed by atoms with Crippen molar-refractivity contribution in [2.45, 2.75) is 25.7 Å². The van der Waals surface area contributed by atoms with Crippen molar-refractivity contribution in [3.05, 3.63) is 23.2 Å². The van der Waals surface area contributed by atoms with Gasteiger partial charge in [-0.25, -0.2) is 10.5 Å². The highest BCUT2D eigenvalue weighted by molar-refractivity contribution is 7.22. The van der Waals surface area contributed by atoms with Crippen LogP contribution in [-0.4, -0.2) is 35.1 Å². The maximum Gasteiger partial charge on any atom is 0.243 e. The Bertz CT molecular complexity index is 707. The molecule has 2 amide bonds. The Hall–Kier alpha value is -1.90. The van der Waals surface area contributed by atoms with Gasteiger partial charge in [-0.2, -0.15) is 0 Å². The minimum atomic E-state index is -0.389. The van der Waals surface area contributed by atoms with Crippen molar-refractivity contribution >= 4 is 50.1 Å². The zero-order chi connectivity index (χ0) is 17.4. The highest BCUT2D eigenvalue weighted by Crippen LogP contribution is 2.27. The van der Waals surface area contributed by atoms with Gasteiger partial charge in [-0.1, -0.05) is 29.4 Å². The minimum absolute atomic E-state index is 0.111. The average molecular weight is 371 g/mol. The van der Waals surface area contributed by atoms with Crippen LogP contribution >= 0.6 is 22.9 Å². The van der Waals surface area contributed by atoms with Gasteiger partial charge in [-0.15, -0.1) is 0 Å². The van der Waals surface area contributed by atoms with Gasteiger partial charge >= 0.3 is 0 Å². The number of nitrogens with one attached hydrogen (secondary N) is 3. The first-order valence-corrected chi connectivity index (χ1v) is 8.77. The average Bonchev–Trinajstić information content (AvgIpc) is 2.97. The molecule has 0 atom stereocenters. The molecule has 2 aromatic rings. The summed E-state index contributed by atoms with van der Waals surface area (Å²) in [7, 11) is 0. The summed E-state index contributed by atoms with van der Waals surface area (Å²) >= 11 is 7.38. The van der Waals surface area contributed by atoms with Crippen molar-refractivity contribution in [2.24, 2.45) is 0 Å². The van der Waals surface area contributed by atoms with Crippen molar-refractivity contribution in [2.75, 3.05) is 18.4 Å². The number of hydrogen-bond acceptors (Lipinski definition) is 6. The standard InChI is InChI=1S/C15H19ClN4O3S/c16-10-5-6-11-12(8-10)24-15(19-11)18-9-14(22)17-7-3-1-2-4-13(21)20-23/h5-6,8,23H,1-4,7,9H2,(H,17,22)(H,18,19)(H,20,21). The maximum atomic E-state index is 11.8. The Kier molecular flexibility index (Phi) is 7.23. The number of fused-ring (bicyclic) bond motifs is 1. The molecule has 9 heteroatoms. The fourth-order valence-corrected chi connectivity index (χ4v) is 3.20. The molecule has 1 aromatic carbocycles. The minimum Gasteiger partial charge on any atom is -0.355 e. The molecule has 0 bridgehead atoms. The Morgan fingerprint density at radius 1 is 1.21 bits per heavy atom. The van der Waals surface area contributed by atoms with E-state index in [4.69, 9.17) is 16.8 Å². The van der Waals surface area contributed by atoms with E-state index in [9.17, 15) is 9.59 Å². The summed E-state index contributed by atoms with van der Waals surface area (Å²) in [6, 6.07) is 5.47. The van der Waals surface area contributed by atoms with Gasteiger partial charge in [0.1, 0.15) is 0 Å². The largest absolute Gasteiger partial charge is 0.355 e. The number of halogens is 1. The number of unbranched alkanes of at least 4 members (excludes halogenated alkanes) is 2. The van der Waals surface area contributed by atoms with Crippen molar-refractivity contribution < 1.29 is 14.8 Å². The number of carbonyl (C=O) groups is 2. The maximum absolute atomic E-state index is 11.8. The van der Waals surface area contributed by atoms with E-state index >= 15 is 0 Å². The van der Waals surface area contributed by atoms with Crippen molar-refractivity contribution in [3.8, 4) is 0 Å². The smallest absolute Gasteiger partial charge is 0.243 e.